The Morgan fingerprint density at radius 3 is 2.56 bits per heavy atom. The monoisotopic (exact) mass is 342 g/mol. The first-order chi connectivity index (χ1) is 11.9. The Bertz CT molecular complexity index is 723. The van der Waals surface area contributed by atoms with E-state index >= 15 is 0 Å². The zero-order valence-corrected chi connectivity index (χ0v) is 14.3. The van der Waals surface area contributed by atoms with Crippen LogP contribution < -0.4 is 5.32 Å². The van der Waals surface area contributed by atoms with E-state index in [1.54, 1.807) is 19.3 Å². The number of aliphatic hydroxyl groups is 1. The molecule has 5 heteroatoms. The second kappa shape index (κ2) is 6.92. The van der Waals surface area contributed by atoms with Crippen molar-refractivity contribution in [3.8, 4) is 0 Å². The predicted molar refractivity (Wildman–Crippen MR) is 93.4 cm³/mol. The average molecular weight is 342 g/mol. The molecule has 2 aromatic rings. The molecule has 132 valence electrons. The Hall–Kier alpha value is -2.27. The van der Waals surface area contributed by atoms with Crippen molar-refractivity contribution >= 4 is 5.91 Å². The number of carbonyl (C=O) groups is 1. The zero-order valence-electron chi connectivity index (χ0n) is 14.3. The molecule has 2 N–H and O–H groups in total. The van der Waals surface area contributed by atoms with E-state index in [9.17, 15) is 14.3 Å². The van der Waals surface area contributed by atoms with Gasteiger partial charge in [0.2, 0.25) is 5.91 Å². The molecular formula is C20H23FN2O2. The molecule has 0 aliphatic heterocycles. The molecule has 0 spiro atoms. The van der Waals surface area contributed by atoms with Gasteiger partial charge in [-0.25, -0.2) is 4.39 Å². The van der Waals surface area contributed by atoms with Crippen LogP contribution in [0.2, 0.25) is 0 Å². The predicted octanol–water partition coefficient (Wildman–Crippen LogP) is 3.06. The third-order valence-corrected chi connectivity index (χ3v) is 5.17. The van der Waals surface area contributed by atoms with Crippen molar-refractivity contribution in [2.45, 2.75) is 43.6 Å². The molecule has 4 nitrogen and oxygen atoms in total. The molecule has 1 saturated carbocycles. The van der Waals surface area contributed by atoms with E-state index in [0.29, 0.717) is 5.56 Å². The molecular weight excluding hydrogens is 319 g/mol. The number of benzene rings is 1. The van der Waals surface area contributed by atoms with Crippen molar-refractivity contribution in [3.63, 3.8) is 0 Å². The maximum absolute atomic E-state index is 13.1. The summed E-state index contributed by atoms with van der Waals surface area (Å²) in [4.78, 5) is 17.1. The fourth-order valence-electron chi connectivity index (χ4n) is 3.60. The van der Waals surface area contributed by atoms with Gasteiger partial charge in [0.15, 0.2) is 0 Å². The molecule has 1 aromatic carbocycles. The van der Waals surface area contributed by atoms with E-state index in [0.717, 1.165) is 31.2 Å². The number of amides is 1. The summed E-state index contributed by atoms with van der Waals surface area (Å²) in [7, 11) is 0. The van der Waals surface area contributed by atoms with Crippen LogP contribution in [-0.4, -0.2) is 22.5 Å². The number of nitrogens with zero attached hydrogens (tertiary/aromatic N) is 1. The highest BCUT2D eigenvalue weighted by Gasteiger charge is 2.43. The summed E-state index contributed by atoms with van der Waals surface area (Å²) in [5.41, 5.74) is -0.354. The van der Waals surface area contributed by atoms with E-state index < -0.39 is 11.0 Å². The first-order valence-corrected chi connectivity index (χ1v) is 8.61. The van der Waals surface area contributed by atoms with Crippen molar-refractivity contribution in [1.29, 1.82) is 0 Å². The molecule has 0 saturated heterocycles. The summed E-state index contributed by atoms with van der Waals surface area (Å²) < 4.78 is 13.1. The van der Waals surface area contributed by atoms with Gasteiger partial charge in [0, 0.05) is 12.4 Å². The van der Waals surface area contributed by atoms with Gasteiger partial charge in [0.25, 0.3) is 0 Å². The fourth-order valence-corrected chi connectivity index (χ4v) is 3.60. The lowest BCUT2D eigenvalue weighted by atomic mass is 9.78. The van der Waals surface area contributed by atoms with Crippen LogP contribution in [0.1, 0.15) is 43.7 Å². The number of rotatable bonds is 5. The molecule has 0 bridgehead atoms. The van der Waals surface area contributed by atoms with E-state index in [-0.39, 0.29) is 18.3 Å². The van der Waals surface area contributed by atoms with Crippen LogP contribution in [0.5, 0.6) is 0 Å². The van der Waals surface area contributed by atoms with E-state index in [1.165, 1.54) is 24.3 Å². The van der Waals surface area contributed by atoms with Crippen molar-refractivity contribution < 1.29 is 14.3 Å². The zero-order chi connectivity index (χ0) is 17.9. The van der Waals surface area contributed by atoms with Gasteiger partial charge in [-0.1, -0.05) is 31.0 Å². The van der Waals surface area contributed by atoms with Gasteiger partial charge in [-0.3, -0.25) is 9.78 Å². The van der Waals surface area contributed by atoms with Gasteiger partial charge in [-0.15, -0.1) is 0 Å². The van der Waals surface area contributed by atoms with Crippen molar-refractivity contribution in [1.82, 2.24) is 10.3 Å². The van der Waals surface area contributed by atoms with Crippen LogP contribution >= 0.6 is 0 Å². The molecule has 1 aliphatic rings. The Kier molecular flexibility index (Phi) is 4.86. The third kappa shape index (κ3) is 3.56. The molecule has 3 rings (SSSR count). The normalized spacial score (nSPS) is 18.5. The van der Waals surface area contributed by atoms with Crippen molar-refractivity contribution in [2.24, 2.45) is 0 Å². The first kappa shape index (κ1) is 17.5. The summed E-state index contributed by atoms with van der Waals surface area (Å²) in [5.74, 6) is -0.439. The van der Waals surface area contributed by atoms with E-state index in [1.807, 2.05) is 12.1 Å². The number of pyridine rings is 1. The number of aromatic nitrogens is 1. The van der Waals surface area contributed by atoms with Crippen LogP contribution in [0.25, 0.3) is 0 Å². The Labute approximate surface area is 147 Å². The average Bonchev–Trinajstić information content (AvgIpc) is 3.12. The topological polar surface area (TPSA) is 62.2 Å². The van der Waals surface area contributed by atoms with Crippen molar-refractivity contribution in [3.05, 3.63) is 65.7 Å². The maximum Gasteiger partial charge on any atom is 0.230 e. The van der Waals surface area contributed by atoms with Gasteiger partial charge in [0.05, 0.1) is 12.0 Å². The molecule has 1 heterocycles. The fraction of sp³-hybridized carbons (Fsp3) is 0.400. The summed E-state index contributed by atoms with van der Waals surface area (Å²) >= 11 is 0. The molecule has 1 aromatic heterocycles. The Balaban J connectivity index is 1.75. The first-order valence-electron chi connectivity index (χ1n) is 8.61. The molecule has 1 unspecified atom stereocenters. The van der Waals surface area contributed by atoms with Gasteiger partial charge in [-0.2, -0.15) is 0 Å². The molecule has 0 radical (unpaired) electrons. The largest absolute Gasteiger partial charge is 0.384 e. The smallest absolute Gasteiger partial charge is 0.230 e. The lowest BCUT2D eigenvalue weighted by molar-refractivity contribution is -0.127. The summed E-state index contributed by atoms with van der Waals surface area (Å²) in [6.07, 6.45) is 7.01. The molecule has 1 amide bonds. The molecule has 1 atom stereocenters. The number of hydrogen-bond donors (Lipinski definition) is 2. The van der Waals surface area contributed by atoms with Gasteiger partial charge < -0.3 is 10.4 Å². The number of nitrogens with one attached hydrogen (secondary N) is 1. The lowest BCUT2D eigenvalue weighted by Gasteiger charge is -2.31. The molecule has 1 fully saturated rings. The second-order valence-electron chi connectivity index (χ2n) is 6.99. The lowest BCUT2D eigenvalue weighted by Crippen LogP contribution is -2.47. The minimum absolute atomic E-state index is 0.0689. The van der Waals surface area contributed by atoms with Crippen LogP contribution in [0.15, 0.2) is 48.8 Å². The minimum Gasteiger partial charge on any atom is -0.384 e. The number of halogens is 1. The van der Waals surface area contributed by atoms with E-state index in [2.05, 4.69) is 10.3 Å². The molecule has 1 aliphatic carbocycles. The quantitative estimate of drug-likeness (QED) is 0.878. The van der Waals surface area contributed by atoms with E-state index in [4.69, 9.17) is 0 Å². The number of carbonyl (C=O) groups excluding carboxylic acids is 1. The highest BCUT2D eigenvalue weighted by atomic mass is 19.1. The standard InChI is InChI=1S/C20H23FN2O2/c1-19(25,15-6-8-17(21)9-7-15)14-23-18(24)20(10-2-3-11-20)16-5-4-12-22-13-16/h4-9,12-13,25H,2-3,10-11,14H2,1H3,(H,23,24). The van der Waals surface area contributed by atoms with Gasteiger partial charge >= 0.3 is 0 Å². The van der Waals surface area contributed by atoms with Crippen LogP contribution in [-0.2, 0) is 15.8 Å². The highest BCUT2D eigenvalue weighted by molar-refractivity contribution is 5.88. The van der Waals surface area contributed by atoms with Crippen LogP contribution in [0.4, 0.5) is 4.39 Å². The summed E-state index contributed by atoms with van der Waals surface area (Å²) in [5, 5.41) is 13.6. The molecule has 25 heavy (non-hydrogen) atoms. The van der Waals surface area contributed by atoms with Gasteiger partial charge in [-0.05, 0) is 49.1 Å². The summed E-state index contributed by atoms with van der Waals surface area (Å²) in [6, 6.07) is 9.47. The van der Waals surface area contributed by atoms with Crippen molar-refractivity contribution in [2.75, 3.05) is 6.54 Å². The number of hydrogen-bond acceptors (Lipinski definition) is 3. The highest BCUT2D eigenvalue weighted by Crippen LogP contribution is 2.41. The second-order valence-corrected chi connectivity index (χ2v) is 6.99. The Morgan fingerprint density at radius 2 is 1.96 bits per heavy atom. The SMILES string of the molecule is CC(O)(CNC(=O)C1(c2cccnc2)CCCC1)c1ccc(F)cc1. The third-order valence-electron chi connectivity index (χ3n) is 5.17. The Morgan fingerprint density at radius 1 is 1.28 bits per heavy atom. The van der Waals surface area contributed by atoms with Gasteiger partial charge in [0.1, 0.15) is 11.4 Å². The summed E-state index contributed by atoms with van der Waals surface area (Å²) in [6.45, 7) is 1.69. The van der Waals surface area contributed by atoms with Crippen LogP contribution in [0, 0.1) is 5.82 Å². The van der Waals surface area contributed by atoms with Crippen LogP contribution in [0.3, 0.4) is 0 Å². The minimum atomic E-state index is -1.27. The maximum atomic E-state index is 13.1.